The van der Waals surface area contributed by atoms with Crippen molar-refractivity contribution in [2.24, 2.45) is 5.92 Å². The van der Waals surface area contributed by atoms with Gasteiger partial charge in [0.1, 0.15) is 0 Å². The van der Waals surface area contributed by atoms with Gasteiger partial charge in [-0.3, -0.25) is 0 Å². The topological polar surface area (TPSA) is 24.1 Å². The second-order valence-corrected chi connectivity index (χ2v) is 5.91. The van der Waals surface area contributed by atoms with Gasteiger partial charge in [0.25, 0.3) is 0 Å². The smallest absolute Gasteiger partial charge is 0.0342 e. The number of nitrogens with one attached hydrogen (secondary N) is 2. The molecule has 2 aliphatic rings. The number of hydrogen-bond acceptors (Lipinski definition) is 2. The molecule has 1 aliphatic carbocycles. The Bertz CT molecular complexity index is 379. The molecule has 3 unspecified atom stereocenters. The first-order valence-corrected chi connectivity index (χ1v) is 7.39. The molecule has 3 rings (SSSR count). The number of benzene rings is 1. The van der Waals surface area contributed by atoms with Crippen molar-refractivity contribution in [3.8, 4) is 0 Å². The van der Waals surface area contributed by atoms with Crippen molar-refractivity contribution in [1.29, 1.82) is 0 Å². The number of aryl methyl sites for hydroxylation is 1. The van der Waals surface area contributed by atoms with Crippen molar-refractivity contribution in [3.05, 3.63) is 29.8 Å². The standard InChI is InChI=1S/C16H24N2/c1-12-7-9-13(10-8-12)18-16-5-2-4-14(16)15-6-3-11-17-15/h7-10,14-18H,2-6,11H2,1H3. The zero-order chi connectivity index (χ0) is 12.4. The number of hydrogen-bond donors (Lipinski definition) is 2. The van der Waals surface area contributed by atoms with Crippen molar-refractivity contribution in [3.63, 3.8) is 0 Å². The molecule has 0 bridgehead atoms. The van der Waals surface area contributed by atoms with E-state index in [9.17, 15) is 0 Å². The fourth-order valence-corrected chi connectivity index (χ4v) is 3.59. The van der Waals surface area contributed by atoms with Crippen LogP contribution in [0.25, 0.3) is 0 Å². The number of anilines is 1. The van der Waals surface area contributed by atoms with E-state index in [1.807, 2.05) is 0 Å². The molecule has 1 aromatic carbocycles. The summed E-state index contributed by atoms with van der Waals surface area (Å²) in [6.45, 7) is 3.36. The second kappa shape index (κ2) is 5.31. The summed E-state index contributed by atoms with van der Waals surface area (Å²) in [5.41, 5.74) is 2.62. The van der Waals surface area contributed by atoms with E-state index in [1.54, 1.807) is 0 Å². The maximum atomic E-state index is 3.76. The minimum absolute atomic E-state index is 0.670. The van der Waals surface area contributed by atoms with E-state index in [0.29, 0.717) is 6.04 Å². The lowest BCUT2D eigenvalue weighted by atomic mass is 9.93. The first kappa shape index (κ1) is 12.0. The minimum atomic E-state index is 0.670. The summed E-state index contributed by atoms with van der Waals surface area (Å²) < 4.78 is 0. The van der Waals surface area contributed by atoms with Crippen molar-refractivity contribution < 1.29 is 0 Å². The molecule has 98 valence electrons. The third-order valence-corrected chi connectivity index (χ3v) is 4.59. The first-order chi connectivity index (χ1) is 8.83. The van der Waals surface area contributed by atoms with Gasteiger partial charge in [0.05, 0.1) is 0 Å². The van der Waals surface area contributed by atoms with Crippen LogP contribution in [0.2, 0.25) is 0 Å². The largest absolute Gasteiger partial charge is 0.382 e. The Morgan fingerprint density at radius 3 is 2.61 bits per heavy atom. The fourth-order valence-electron chi connectivity index (χ4n) is 3.59. The van der Waals surface area contributed by atoms with E-state index >= 15 is 0 Å². The molecule has 2 heteroatoms. The predicted octanol–water partition coefficient (Wildman–Crippen LogP) is 3.33. The highest BCUT2D eigenvalue weighted by atomic mass is 15.0. The summed E-state index contributed by atoms with van der Waals surface area (Å²) in [5, 5.41) is 7.44. The van der Waals surface area contributed by atoms with E-state index in [1.165, 1.54) is 49.9 Å². The lowest BCUT2D eigenvalue weighted by Crippen LogP contribution is -2.38. The van der Waals surface area contributed by atoms with Gasteiger partial charge in [-0.25, -0.2) is 0 Å². The molecule has 0 spiro atoms. The number of rotatable bonds is 3. The maximum Gasteiger partial charge on any atom is 0.0342 e. The Morgan fingerprint density at radius 1 is 1.06 bits per heavy atom. The van der Waals surface area contributed by atoms with Crippen molar-refractivity contribution >= 4 is 5.69 Å². The molecule has 0 radical (unpaired) electrons. The molecule has 18 heavy (non-hydrogen) atoms. The molecule has 2 N–H and O–H groups in total. The fraction of sp³-hybridized carbons (Fsp3) is 0.625. The summed E-state index contributed by atoms with van der Waals surface area (Å²) >= 11 is 0. The van der Waals surface area contributed by atoms with Crippen molar-refractivity contribution in [2.75, 3.05) is 11.9 Å². The van der Waals surface area contributed by atoms with E-state index in [-0.39, 0.29) is 0 Å². The first-order valence-electron chi connectivity index (χ1n) is 7.39. The van der Waals surface area contributed by atoms with Crippen LogP contribution in [0.3, 0.4) is 0 Å². The van der Waals surface area contributed by atoms with Crippen LogP contribution >= 0.6 is 0 Å². The summed E-state index contributed by atoms with van der Waals surface area (Å²) in [7, 11) is 0. The Kier molecular flexibility index (Phi) is 3.55. The van der Waals surface area contributed by atoms with Gasteiger partial charge in [0.2, 0.25) is 0 Å². The van der Waals surface area contributed by atoms with E-state index in [2.05, 4.69) is 41.8 Å². The van der Waals surface area contributed by atoms with Crippen LogP contribution in [0.5, 0.6) is 0 Å². The molecule has 0 amide bonds. The van der Waals surface area contributed by atoms with Gasteiger partial charge in [-0.2, -0.15) is 0 Å². The van der Waals surface area contributed by atoms with Crippen LogP contribution < -0.4 is 10.6 Å². The van der Waals surface area contributed by atoms with Gasteiger partial charge in [-0.15, -0.1) is 0 Å². The molecule has 3 atom stereocenters. The van der Waals surface area contributed by atoms with Crippen molar-refractivity contribution in [2.45, 2.75) is 51.1 Å². The highest BCUT2D eigenvalue weighted by Gasteiger charge is 2.34. The minimum Gasteiger partial charge on any atom is -0.382 e. The van der Waals surface area contributed by atoms with E-state index < -0.39 is 0 Å². The normalized spacial score (nSPS) is 31.7. The van der Waals surface area contributed by atoms with Crippen LogP contribution in [0.4, 0.5) is 5.69 Å². The Hall–Kier alpha value is -1.02. The molecule has 1 aliphatic heterocycles. The lowest BCUT2D eigenvalue weighted by Gasteiger charge is -2.27. The monoisotopic (exact) mass is 244 g/mol. The van der Waals surface area contributed by atoms with Crippen LogP contribution in [-0.4, -0.2) is 18.6 Å². The molecule has 2 fully saturated rings. The lowest BCUT2D eigenvalue weighted by molar-refractivity contribution is 0.376. The SMILES string of the molecule is Cc1ccc(NC2CCCC2C2CCCN2)cc1. The summed E-state index contributed by atoms with van der Waals surface area (Å²) in [5.74, 6) is 0.828. The molecular weight excluding hydrogens is 220 g/mol. The van der Waals surface area contributed by atoms with Gasteiger partial charge >= 0.3 is 0 Å². The molecule has 1 saturated heterocycles. The quantitative estimate of drug-likeness (QED) is 0.852. The van der Waals surface area contributed by atoms with Crippen LogP contribution in [0.15, 0.2) is 24.3 Å². The van der Waals surface area contributed by atoms with Gasteiger partial charge in [0.15, 0.2) is 0 Å². The maximum absolute atomic E-state index is 3.76. The van der Waals surface area contributed by atoms with Crippen LogP contribution in [0, 0.1) is 12.8 Å². The Balaban J connectivity index is 1.65. The van der Waals surface area contributed by atoms with Crippen LogP contribution in [-0.2, 0) is 0 Å². The van der Waals surface area contributed by atoms with E-state index in [0.717, 1.165) is 12.0 Å². The molecule has 1 heterocycles. The third kappa shape index (κ3) is 2.54. The van der Waals surface area contributed by atoms with Gasteiger partial charge in [-0.05, 0) is 57.2 Å². The summed E-state index contributed by atoms with van der Waals surface area (Å²) in [4.78, 5) is 0. The molecule has 2 nitrogen and oxygen atoms in total. The Labute approximate surface area is 110 Å². The average molecular weight is 244 g/mol. The zero-order valence-corrected chi connectivity index (χ0v) is 11.3. The Morgan fingerprint density at radius 2 is 1.89 bits per heavy atom. The van der Waals surface area contributed by atoms with Gasteiger partial charge in [0, 0.05) is 17.8 Å². The van der Waals surface area contributed by atoms with E-state index in [4.69, 9.17) is 0 Å². The van der Waals surface area contributed by atoms with Crippen molar-refractivity contribution in [1.82, 2.24) is 5.32 Å². The summed E-state index contributed by atoms with van der Waals surface area (Å²) in [6.07, 6.45) is 6.83. The predicted molar refractivity (Wildman–Crippen MR) is 77.0 cm³/mol. The highest BCUT2D eigenvalue weighted by molar-refractivity contribution is 5.45. The molecule has 0 aromatic heterocycles. The van der Waals surface area contributed by atoms with Crippen LogP contribution in [0.1, 0.15) is 37.7 Å². The molecule has 1 saturated carbocycles. The highest BCUT2D eigenvalue weighted by Crippen LogP contribution is 2.33. The van der Waals surface area contributed by atoms with Gasteiger partial charge in [-0.1, -0.05) is 24.1 Å². The average Bonchev–Trinajstić information content (AvgIpc) is 3.02. The second-order valence-electron chi connectivity index (χ2n) is 5.91. The molecular formula is C16H24N2. The third-order valence-electron chi connectivity index (χ3n) is 4.59. The van der Waals surface area contributed by atoms with Gasteiger partial charge < -0.3 is 10.6 Å². The zero-order valence-electron chi connectivity index (χ0n) is 11.3. The summed E-state index contributed by atoms with van der Waals surface area (Å²) in [6, 6.07) is 10.2. The molecule has 1 aromatic rings.